The van der Waals surface area contributed by atoms with Crippen molar-refractivity contribution >= 4 is 29.0 Å². The zero-order valence-corrected chi connectivity index (χ0v) is 23.4. The van der Waals surface area contributed by atoms with E-state index in [2.05, 4.69) is 26.6 Å². The third-order valence-electron chi connectivity index (χ3n) is 8.89. The number of hydrogen-bond acceptors (Lipinski definition) is 5. The van der Waals surface area contributed by atoms with E-state index in [1.54, 1.807) is 17.6 Å². The van der Waals surface area contributed by atoms with Crippen molar-refractivity contribution < 1.29 is 14.0 Å². The fourth-order valence-electron chi connectivity index (χ4n) is 7.02. The van der Waals surface area contributed by atoms with Crippen LogP contribution in [0, 0.1) is 5.92 Å². The molecule has 2 amide bonds. The largest absolute Gasteiger partial charge is 0.449 e. The van der Waals surface area contributed by atoms with Gasteiger partial charge in [-0.15, -0.1) is 11.3 Å². The summed E-state index contributed by atoms with van der Waals surface area (Å²) < 4.78 is 5.75. The van der Waals surface area contributed by atoms with Crippen LogP contribution in [0.3, 0.4) is 0 Å². The number of carbonyl (C=O) groups is 2. The molecule has 0 radical (unpaired) electrons. The van der Waals surface area contributed by atoms with Crippen molar-refractivity contribution in [3.05, 3.63) is 76.2 Å². The Hall–Kier alpha value is -3.06. The highest BCUT2D eigenvalue weighted by Crippen LogP contribution is 2.47. The molecule has 1 aromatic carbocycles. The van der Waals surface area contributed by atoms with Crippen molar-refractivity contribution in [3.8, 4) is 0 Å². The molecule has 2 saturated carbocycles. The Morgan fingerprint density at radius 1 is 1.00 bits per heavy atom. The lowest BCUT2D eigenvalue weighted by molar-refractivity contribution is -0.124. The second kappa shape index (κ2) is 12.0. The van der Waals surface area contributed by atoms with Gasteiger partial charge in [-0.3, -0.25) is 9.59 Å². The lowest BCUT2D eigenvalue weighted by Gasteiger charge is -2.44. The van der Waals surface area contributed by atoms with Crippen molar-refractivity contribution in [3.63, 3.8) is 0 Å². The molecule has 0 spiro atoms. The topological polar surface area (TPSA) is 65.8 Å². The van der Waals surface area contributed by atoms with Gasteiger partial charge in [-0.25, -0.2) is 0 Å². The molecule has 3 aromatic rings. The minimum absolute atomic E-state index is 0.0108. The molecule has 0 saturated heterocycles. The lowest BCUT2D eigenvalue weighted by atomic mass is 9.80. The van der Waals surface area contributed by atoms with Crippen LogP contribution in [0.4, 0.5) is 5.88 Å². The van der Waals surface area contributed by atoms with E-state index in [0.717, 1.165) is 61.5 Å². The number of furan rings is 1. The third kappa shape index (κ3) is 5.51. The number of nitrogens with one attached hydrogen (secondary N) is 1. The Labute approximate surface area is 235 Å². The van der Waals surface area contributed by atoms with E-state index in [9.17, 15) is 9.59 Å². The van der Waals surface area contributed by atoms with Crippen LogP contribution in [-0.2, 0) is 4.79 Å². The highest BCUT2D eigenvalue weighted by atomic mass is 32.1. The fraction of sp³-hybridized carbons (Fsp3) is 0.500. The van der Waals surface area contributed by atoms with Gasteiger partial charge in [0.2, 0.25) is 5.91 Å². The SMILES string of the molecule is O=C(NCCCN(CC1CCCC1)c1ccco1)C1c2ccccc2C(=O)N(C2CCCC2)C1c1cccs1. The summed E-state index contributed by atoms with van der Waals surface area (Å²) >= 11 is 1.64. The van der Waals surface area contributed by atoms with Crippen molar-refractivity contribution in [2.75, 3.05) is 24.5 Å². The summed E-state index contributed by atoms with van der Waals surface area (Å²) in [5, 5.41) is 5.33. The van der Waals surface area contributed by atoms with Gasteiger partial charge in [0.15, 0.2) is 5.88 Å². The number of rotatable bonds is 10. The Kier molecular flexibility index (Phi) is 8.05. The molecule has 2 unspecified atom stereocenters. The molecule has 39 heavy (non-hydrogen) atoms. The number of anilines is 1. The quantitative estimate of drug-likeness (QED) is 0.286. The predicted octanol–water partition coefficient (Wildman–Crippen LogP) is 6.77. The Morgan fingerprint density at radius 3 is 2.54 bits per heavy atom. The van der Waals surface area contributed by atoms with E-state index in [1.807, 2.05) is 42.5 Å². The van der Waals surface area contributed by atoms with Crippen LogP contribution >= 0.6 is 11.3 Å². The van der Waals surface area contributed by atoms with E-state index >= 15 is 0 Å². The second-order valence-corrected chi connectivity index (χ2v) is 12.3. The van der Waals surface area contributed by atoms with Gasteiger partial charge in [0.1, 0.15) is 0 Å². The molecule has 3 aliphatic rings. The first-order valence-corrected chi connectivity index (χ1v) is 15.6. The van der Waals surface area contributed by atoms with Crippen molar-refractivity contribution in [2.24, 2.45) is 5.92 Å². The van der Waals surface area contributed by atoms with Crippen molar-refractivity contribution in [2.45, 2.75) is 75.8 Å². The molecule has 6 rings (SSSR count). The monoisotopic (exact) mass is 545 g/mol. The summed E-state index contributed by atoms with van der Waals surface area (Å²) in [5.41, 5.74) is 1.53. The summed E-state index contributed by atoms with van der Waals surface area (Å²) in [6.45, 7) is 2.44. The van der Waals surface area contributed by atoms with Crippen LogP contribution in [0.15, 0.2) is 64.6 Å². The predicted molar refractivity (Wildman–Crippen MR) is 155 cm³/mol. The Balaban J connectivity index is 1.19. The summed E-state index contributed by atoms with van der Waals surface area (Å²) in [5.74, 6) is 1.29. The van der Waals surface area contributed by atoms with Crippen LogP contribution in [-0.4, -0.2) is 42.4 Å². The van der Waals surface area contributed by atoms with Crippen molar-refractivity contribution in [1.82, 2.24) is 10.2 Å². The van der Waals surface area contributed by atoms with E-state index < -0.39 is 5.92 Å². The summed E-state index contributed by atoms with van der Waals surface area (Å²) in [6.07, 6.45) is 12.1. The molecular weight excluding hydrogens is 506 g/mol. The first-order valence-electron chi connectivity index (χ1n) is 14.7. The molecular formula is C32H39N3O3S. The zero-order chi connectivity index (χ0) is 26.6. The zero-order valence-electron chi connectivity index (χ0n) is 22.6. The van der Waals surface area contributed by atoms with Gasteiger partial charge in [0, 0.05) is 42.2 Å². The maximum atomic E-state index is 14.0. The standard InChI is InChI=1S/C32H39N3O3S/c36-31(33-18-9-19-34(28-17-7-20-38-28)22-23-10-1-2-11-23)29-25-14-5-6-15-26(25)32(37)35(24-12-3-4-13-24)30(29)27-16-8-21-39-27/h5-8,14-17,20-21,23-24,29-30H,1-4,9-13,18-19,22H2,(H,33,36). The highest BCUT2D eigenvalue weighted by molar-refractivity contribution is 7.10. The molecule has 3 heterocycles. The molecule has 206 valence electrons. The molecule has 6 nitrogen and oxygen atoms in total. The molecule has 2 atom stereocenters. The number of amides is 2. The lowest BCUT2D eigenvalue weighted by Crippen LogP contribution is -2.50. The molecule has 1 N–H and O–H groups in total. The molecule has 2 aromatic heterocycles. The number of thiophene rings is 1. The number of nitrogens with zero attached hydrogens (tertiary/aromatic N) is 2. The number of carbonyl (C=O) groups excluding carboxylic acids is 2. The minimum Gasteiger partial charge on any atom is -0.449 e. The summed E-state index contributed by atoms with van der Waals surface area (Å²) in [4.78, 5) is 33.4. The van der Waals surface area contributed by atoms with E-state index in [-0.39, 0.29) is 23.9 Å². The molecule has 7 heteroatoms. The van der Waals surface area contributed by atoms with Crippen LogP contribution in [0.5, 0.6) is 0 Å². The average molecular weight is 546 g/mol. The van der Waals surface area contributed by atoms with Gasteiger partial charge in [0.05, 0.1) is 18.2 Å². The van der Waals surface area contributed by atoms with Gasteiger partial charge in [-0.1, -0.05) is 49.9 Å². The first kappa shape index (κ1) is 26.2. The van der Waals surface area contributed by atoms with Crippen LogP contribution in [0.1, 0.15) is 90.5 Å². The Bertz CT molecular complexity index is 1230. The summed E-state index contributed by atoms with van der Waals surface area (Å²) in [7, 11) is 0. The van der Waals surface area contributed by atoms with E-state index in [4.69, 9.17) is 4.42 Å². The highest BCUT2D eigenvalue weighted by Gasteiger charge is 2.47. The smallest absolute Gasteiger partial charge is 0.254 e. The first-order chi connectivity index (χ1) is 19.2. The maximum Gasteiger partial charge on any atom is 0.254 e. The normalized spacial score (nSPS) is 21.8. The van der Waals surface area contributed by atoms with E-state index in [1.165, 1.54) is 25.7 Å². The second-order valence-electron chi connectivity index (χ2n) is 11.4. The fourth-order valence-corrected chi connectivity index (χ4v) is 7.88. The maximum absolute atomic E-state index is 14.0. The van der Waals surface area contributed by atoms with Crippen LogP contribution < -0.4 is 10.2 Å². The van der Waals surface area contributed by atoms with Crippen LogP contribution in [0.25, 0.3) is 0 Å². The number of benzene rings is 1. The number of fused-ring (bicyclic) bond motifs is 1. The average Bonchev–Trinajstić information content (AvgIpc) is 3.78. The Morgan fingerprint density at radius 2 is 1.79 bits per heavy atom. The number of hydrogen-bond donors (Lipinski definition) is 1. The molecule has 0 bridgehead atoms. The van der Waals surface area contributed by atoms with Gasteiger partial charge < -0.3 is 19.5 Å². The third-order valence-corrected chi connectivity index (χ3v) is 9.83. The minimum atomic E-state index is -0.419. The van der Waals surface area contributed by atoms with Gasteiger partial charge in [-0.2, -0.15) is 0 Å². The van der Waals surface area contributed by atoms with Gasteiger partial charge >= 0.3 is 0 Å². The molecule has 2 aliphatic carbocycles. The molecule has 1 aliphatic heterocycles. The van der Waals surface area contributed by atoms with E-state index in [0.29, 0.717) is 18.0 Å². The van der Waals surface area contributed by atoms with Gasteiger partial charge in [0.25, 0.3) is 5.91 Å². The summed E-state index contributed by atoms with van der Waals surface area (Å²) in [6, 6.07) is 15.8. The molecule has 2 fully saturated rings. The van der Waals surface area contributed by atoms with Gasteiger partial charge in [-0.05, 0) is 67.2 Å². The van der Waals surface area contributed by atoms with Crippen LogP contribution in [0.2, 0.25) is 0 Å². The van der Waals surface area contributed by atoms with Crippen molar-refractivity contribution in [1.29, 1.82) is 0 Å².